The molecule has 0 aromatic heterocycles. The van der Waals surface area contributed by atoms with Crippen LogP contribution in [0.5, 0.6) is 0 Å². The molecule has 7 heteroatoms. The number of hydrogen-bond donors (Lipinski definition) is 0. The van der Waals surface area contributed by atoms with Gasteiger partial charge in [0.05, 0.1) is 6.54 Å². The second-order valence-corrected chi connectivity index (χ2v) is 5.07. The number of carbonyl (C=O) groups excluding carboxylic acids is 3. The summed E-state index contributed by atoms with van der Waals surface area (Å²) < 4.78 is 4.81. The van der Waals surface area contributed by atoms with E-state index in [4.69, 9.17) is 4.74 Å². The molecule has 1 unspecified atom stereocenters. The number of urea groups is 1. The van der Waals surface area contributed by atoms with Crippen LogP contribution in [-0.2, 0) is 14.3 Å². The zero-order valence-electron chi connectivity index (χ0n) is 11.5. The Morgan fingerprint density at radius 2 is 2.05 bits per heavy atom. The first-order chi connectivity index (χ1) is 8.97. The Kier molecular flexibility index (Phi) is 3.75. The lowest BCUT2D eigenvalue weighted by Gasteiger charge is -2.35. The van der Waals surface area contributed by atoms with Crippen LogP contribution in [0.25, 0.3) is 0 Å². The molecule has 0 saturated carbocycles. The molecule has 0 bridgehead atoms. The van der Waals surface area contributed by atoms with Gasteiger partial charge in [-0.3, -0.25) is 14.5 Å². The zero-order chi connectivity index (χ0) is 14.2. The first-order valence-electron chi connectivity index (χ1n) is 6.37. The van der Waals surface area contributed by atoms with E-state index < -0.39 is 6.04 Å². The highest BCUT2D eigenvalue weighted by Crippen LogP contribution is 2.23. The van der Waals surface area contributed by atoms with Crippen molar-refractivity contribution in [2.24, 2.45) is 0 Å². The van der Waals surface area contributed by atoms with Crippen molar-refractivity contribution in [2.45, 2.75) is 25.9 Å². The highest BCUT2D eigenvalue weighted by molar-refractivity contribution is 6.05. The molecule has 2 aliphatic heterocycles. The third kappa shape index (κ3) is 2.30. The maximum Gasteiger partial charge on any atom is 0.327 e. The smallest absolute Gasteiger partial charge is 0.327 e. The molecule has 7 nitrogen and oxygen atoms in total. The maximum absolute atomic E-state index is 12.2. The molecule has 0 aromatic rings. The third-order valence-corrected chi connectivity index (χ3v) is 3.49. The fraction of sp³-hybridized carbons (Fsp3) is 0.750. The number of nitrogens with zero attached hydrogens (tertiary/aromatic N) is 3. The molecule has 0 N–H and O–H groups in total. The largest absolute Gasteiger partial charge is 0.375 e. The zero-order valence-corrected chi connectivity index (χ0v) is 11.5. The van der Waals surface area contributed by atoms with Crippen molar-refractivity contribution in [1.29, 1.82) is 0 Å². The van der Waals surface area contributed by atoms with Gasteiger partial charge in [-0.2, -0.15) is 0 Å². The van der Waals surface area contributed by atoms with Crippen LogP contribution >= 0.6 is 0 Å². The molecule has 0 aliphatic carbocycles. The number of amides is 4. The minimum absolute atomic E-state index is 0.00273. The highest BCUT2D eigenvalue weighted by Gasteiger charge is 2.48. The van der Waals surface area contributed by atoms with Crippen LogP contribution in [0.1, 0.15) is 13.8 Å². The van der Waals surface area contributed by atoms with Gasteiger partial charge in [0, 0.05) is 26.2 Å². The van der Waals surface area contributed by atoms with E-state index in [0.717, 1.165) is 0 Å². The van der Waals surface area contributed by atoms with Crippen molar-refractivity contribution in [3.63, 3.8) is 0 Å². The number of methoxy groups -OCH3 is 1. The Hall–Kier alpha value is -1.63. The second kappa shape index (κ2) is 5.16. The molecule has 2 rings (SSSR count). The number of hydrogen-bond acceptors (Lipinski definition) is 4. The first-order valence-corrected chi connectivity index (χ1v) is 6.37. The number of fused-ring (bicyclic) bond motifs is 1. The minimum atomic E-state index is -0.538. The summed E-state index contributed by atoms with van der Waals surface area (Å²) in [6, 6.07) is -0.943. The van der Waals surface area contributed by atoms with E-state index in [9.17, 15) is 14.4 Å². The summed E-state index contributed by atoms with van der Waals surface area (Å²) in [6.45, 7) is 4.72. The predicted octanol–water partition coefficient (Wildman–Crippen LogP) is -0.484. The molecule has 0 radical (unpaired) electrons. The van der Waals surface area contributed by atoms with Gasteiger partial charge in [-0.15, -0.1) is 0 Å². The van der Waals surface area contributed by atoms with E-state index in [-0.39, 0.29) is 37.0 Å². The number of imide groups is 1. The quantitative estimate of drug-likeness (QED) is 0.649. The molecular formula is C12H19N3O4. The first kappa shape index (κ1) is 13.8. The molecular weight excluding hydrogens is 250 g/mol. The van der Waals surface area contributed by atoms with Gasteiger partial charge in [-0.05, 0) is 13.8 Å². The average Bonchev–Trinajstić information content (AvgIpc) is 2.61. The van der Waals surface area contributed by atoms with Gasteiger partial charge in [-0.1, -0.05) is 0 Å². The van der Waals surface area contributed by atoms with Crippen molar-refractivity contribution in [1.82, 2.24) is 14.7 Å². The van der Waals surface area contributed by atoms with Crippen molar-refractivity contribution in [3.05, 3.63) is 0 Å². The number of ether oxygens (including phenoxy) is 1. The van der Waals surface area contributed by atoms with Gasteiger partial charge in [0.25, 0.3) is 5.91 Å². The lowest BCUT2D eigenvalue weighted by molar-refractivity contribution is -0.139. The minimum Gasteiger partial charge on any atom is -0.375 e. The van der Waals surface area contributed by atoms with Gasteiger partial charge in [-0.25, -0.2) is 4.79 Å². The number of rotatable bonds is 3. The van der Waals surface area contributed by atoms with Crippen molar-refractivity contribution >= 4 is 17.8 Å². The second-order valence-electron chi connectivity index (χ2n) is 5.07. The Balaban J connectivity index is 2.11. The topological polar surface area (TPSA) is 70.2 Å². The Bertz CT molecular complexity index is 410. The number of piperazine rings is 1. The summed E-state index contributed by atoms with van der Waals surface area (Å²) >= 11 is 0. The van der Waals surface area contributed by atoms with Crippen LogP contribution in [0.2, 0.25) is 0 Å². The lowest BCUT2D eigenvalue weighted by Crippen LogP contribution is -2.55. The molecule has 4 amide bonds. The van der Waals surface area contributed by atoms with Gasteiger partial charge in [0.2, 0.25) is 5.91 Å². The lowest BCUT2D eigenvalue weighted by atomic mass is 10.2. The highest BCUT2D eigenvalue weighted by atomic mass is 16.5. The van der Waals surface area contributed by atoms with Crippen LogP contribution in [0.15, 0.2) is 0 Å². The Morgan fingerprint density at radius 1 is 1.37 bits per heavy atom. The van der Waals surface area contributed by atoms with Gasteiger partial charge in [0.15, 0.2) is 0 Å². The predicted molar refractivity (Wildman–Crippen MR) is 66.3 cm³/mol. The van der Waals surface area contributed by atoms with E-state index >= 15 is 0 Å². The van der Waals surface area contributed by atoms with E-state index in [1.165, 1.54) is 12.0 Å². The van der Waals surface area contributed by atoms with Crippen LogP contribution in [0, 0.1) is 0 Å². The molecule has 0 spiro atoms. The van der Waals surface area contributed by atoms with Gasteiger partial charge in [0.1, 0.15) is 12.6 Å². The van der Waals surface area contributed by atoms with Crippen LogP contribution in [0.4, 0.5) is 4.79 Å². The molecule has 0 aromatic carbocycles. The summed E-state index contributed by atoms with van der Waals surface area (Å²) in [5.41, 5.74) is 0. The van der Waals surface area contributed by atoms with E-state index in [1.807, 2.05) is 13.8 Å². The summed E-state index contributed by atoms with van der Waals surface area (Å²) in [5, 5.41) is 0. The van der Waals surface area contributed by atoms with Crippen LogP contribution in [0.3, 0.4) is 0 Å². The molecule has 2 saturated heterocycles. The molecule has 19 heavy (non-hydrogen) atoms. The molecule has 2 heterocycles. The van der Waals surface area contributed by atoms with Crippen molar-refractivity contribution in [2.75, 3.05) is 33.4 Å². The monoisotopic (exact) mass is 269 g/mol. The SMILES string of the molecule is COCC(=O)N1CCN2C(=O)N(C(C)C)C(=O)C2C1. The fourth-order valence-corrected chi connectivity index (χ4v) is 2.53. The van der Waals surface area contributed by atoms with Crippen LogP contribution in [-0.4, -0.2) is 78.0 Å². The molecule has 2 fully saturated rings. The number of carbonyl (C=O) groups is 3. The summed E-state index contributed by atoms with van der Waals surface area (Å²) in [4.78, 5) is 40.5. The van der Waals surface area contributed by atoms with E-state index in [1.54, 1.807) is 9.80 Å². The average molecular weight is 269 g/mol. The van der Waals surface area contributed by atoms with Crippen molar-refractivity contribution < 1.29 is 19.1 Å². The van der Waals surface area contributed by atoms with Crippen LogP contribution < -0.4 is 0 Å². The fourth-order valence-electron chi connectivity index (χ4n) is 2.53. The maximum atomic E-state index is 12.2. The Labute approximate surface area is 112 Å². The summed E-state index contributed by atoms with van der Waals surface area (Å²) in [7, 11) is 1.46. The molecule has 2 aliphatic rings. The van der Waals surface area contributed by atoms with Gasteiger partial charge < -0.3 is 14.5 Å². The van der Waals surface area contributed by atoms with E-state index in [0.29, 0.717) is 13.1 Å². The third-order valence-electron chi connectivity index (χ3n) is 3.49. The normalized spacial score (nSPS) is 23.4. The van der Waals surface area contributed by atoms with Gasteiger partial charge >= 0.3 is 6.03 Å². The molecule has 1 atom stereocenters. The van der Waals surface area contributed by atoms with Crippen molar-refractivity contribution in [3.8, 4) is 0 Å². The molecule has 106 valence electrons. The summed E-state index contributed by atoms with van der Waals surface area (Å²) in [5.74, 6) is -0.361. The Morgan fingerprint density at radius 3 is 2.63 bits per heavy atom. The standard InChI is InChI=1S/C12H19N3O4/c1-8(2)15-11(17)9-6-13(10(16)7-19-3)4-5-14(9)12(15)18/h8-9H,4-7H2,1-3H3. The van der Waals surface area contributed by atoms with E-state index in [2.05, 4.69) is 0 Å². The summed E-state index contributed by atoms with van der Waals surface area (Å²) in [6.07, 6.45) is 0.